The fourth-order valence-corrected chi connectivity index (χ4v) is 7.47. The van der Waals surface area contributed by atoms with Crippen molar-refractivity contribution in [2.75, 3.05) is 10.6 Å². The lowest BCUT2D eigenvalue weighted by molar-refractivity contribution is 0.0925. The van der Waals surface area contributed by atoms with Crippen molar-refractivity contribution in [3.05, 3.63) is 215 Å². The van der Waals surface area contributed by atoms with Crippen molar-refractivity contribution in [1.82, 2.24) is 20.6 Å². The van der Waals surface area contributed by atoms with Gasteiger partial charge in [-0.25, -0.2) is 9.97 Å². The Morgan fingerprint density at radius 2 is 0.787 bits per heavy atom. The SMILES string of the molecule is C[C@@H](NC(=O)c1cccc(C(=O)Nc2cccc(Cc3cccc(NC(=O)c4cccc(C(=O)N[C@H](C)c5cccc6ccccc56)n4)c3)c2)n1)c1cccc2ccccc12. The molecular weight excluding hydrogens is 761 g/mol. The Balaban J connectivity index is 0.876. The van der Waals surface area contributed by atoms with Gasteiger partial charge >= 0.3 is 0 Å². The molecule has 10 nitrogen and oxygen atoms in total. The van der Waals surface area contributed by atoms with Gasteiger partial charge in [-0.05, 0) is 113 Å². The van der Waals surface area contributed by atoms with Gasteiger partial charge in [0.15, 0.2) is 0 Å². The van der Waals surface area contributed by atoms with E-state index in [9.17, 15) is 19.2 Å². The Kier molecular flexibility index (Phi) is 11.7. The average Bonchev–Trinajstić information content (AvgIpc) is 3.28. The van der Waals surface area contributed by atoms with Crippen LogP contribution in [-0.2, 0) is 6.42 Å². The van der Waals surface area contributed by atoms with E-state index < -0.39 is 11.8 Å². The van der Waals surface area contributed by atoms with E-state index >= 15 is 0 Å². The molecule has 8 rings (SSSR count). The molecule has 0 saturated carbocycles. The van der Waals surface area contributed by atoms with Gasteiger partial charge in [-0.1, -0.05) is 121 Å². The number of pyridine rings is 2. The van der Waals surface area contributed by atoms with Gasteiger partial charge in [0, 0.05) is 11.4 Å². The van der Waals surface area contributed by atoms with E-state index in [1.807, 2.05) is 135 Å². The molecule has 4 N–H and O–H groups in total. The summed E-state index contributed by atoms with van der Waals surface area (Å²) in [5, 5.41) is 16.1. The minimum absolute atomic E-state index is 0.107. The normalized spacial score (nSPS) is 12.0. The molecule has 0 aliphatic carbocycles. The number of nitrogens with one attached hydrogen (secondary N) is 4. The number of carbonyl (C=O) groups excluding carboxylic acids is 4. The second kappa shape index (κ2) is 17.9. The molecule has 2 atom stereocenters. The summed E-state index contributed by atoms with van der Waals surface area (Å²) in [6, 6.07) is 51.9. The van der Waals surface area contributed by atoms with Crippen LogP contribution in [0.3, 0.4) is 0 Å². The number of aromatic nitrogens is 2. The molecule has 0 fully saturated rings. The molecule has 4 amide bonds. The highest BCUT2D eigenvalue weighted by molar-refractivity contribution is 6.05. The van der Waals surface area contributed by atoms with Gasteiger partial charge in [-0.2, -0.15) is 0 Å². The smallest absolute Gasteiger partial charge is 0.274 e. The first-order valence-electron chi connectivity index (χ1n) is 20.0. The predicted molar refractivity (Wildman–Crippen MR) is 240 cm³/mol. The molecule has 0 aliphatic heterocycles. The molecule has 8 aromatic rings. The van der Waals surface area contributed by atoms with Gasteiger partial charge in [0.25, 0.3) is 23.6 Å². The van der Waals surface area contributed by atoms with Crippen LogP contribution >= 0.6 is 0 Å². The van der Waals surface area contributed by atoms with Crippen molar-refractivity contribution in [3.8, 4) is 0 Å². The molecular formula is C51H42N6O4. The zero-order chi connectivity index (χ0) is 42.3. The number of anilines is 2. The molecule has 0 spiro atoms. The summed E-state index contributed by atoms with van der Waals surface area (Å²) < 4.78 is 0. The van der Waals surface area contributed by atoms with Crippen molar-refractivity contribution in [1.29, 1.82) is 0 Å². The fourth-order valence-electron chi connectivity index (χ4n) is 7.47. The number of fused-ring (bicyclic) bond motifs is 2. The van der Waals surface area contributed by atoms with Crippen LogP contribution < -0.4 is 21.3 Å². The van der Waals surface area contributed by atoms with Crippen LogP contribution in [0.1, 0.15) is 90.1 Å². The summed E-state index contributed by atoms with van der Waals surface area (Å²) in [5.74, 6) is -1.67. The molecule has 2 aromatic heterocycles. The average molecular weight is 803 g/mol. The van der Waals surface area contributed by atoms with Crippen LogP contribution in [-0.4, -0.2) is 33.6 Å². The number of nitrogens with zero attached hydrogens (tertiary/aromatic N) is 2. The summed E-state index contributed by atoms with van der Waals surface area (Å²) in [7, 11) is 0. The van der Waals surface area contributed by atoms with E-state index in [0.717, 1.165) is 43.8 Å². The second-order valence-corrected chi connectivity index (χ2v) is 14.8. The van der Waals surface area contributed by atoms with E-state index in [0.29, 0.717) is 17.8 Å². The van der Waals surface area contributed by atoms with E-state index in [-0.39, 0.29) is 46.7 Å². The minimum Gasteiger partial charge on any atom is -0.344 e. The highest BCUT2D eigenvalue weighted by atomic mass is 16.2. The van der Waals surface area contributed by atoms with Crippen LogP contribution in [0.4, 0.5) is 11.4 Å². The van der Waals surface area contributed by atoms with Crippen molar-refractivity contribution in [2.24, 2.45) is 0 Å². The van der Waals surface area contributed by atoms with Crippen molar-refractivity contribution in [3.63, 3.8) is 0 Å². The first kappa shape index (κ1) is 39.8. The molecule has 2 heterocycles. The lowest BCUT2D eigenvalue weighted by Crippen LogP contribution is -2.28. The third-order valence-electron chi connectivity index (χ3n) is 10.5. The van der Waals surface area contributed by atoms with Crippen molar-refractivity contribution in [2.45, 2.75) is 32.4 Å². The Morgan fingerprint density at radius 1 is 0.426 bits per heavy atom. The quantitative estimate of drug-likeness (QED) is 0.0969. The lowest BCUT2D eigenvalue weighted by Gasteiger charge is -2.16. The van der Waals surface area contributed by atoms with Gasteiger partial charge in [0.1, 0.15) is 22.8 Å². The van der Waals surface area contributed by atoms with Gasteiger partial charge in [-0.3, -0.25) is 19.2 Å². The summed E-state index contributed by atoms with van der Waals surface area (Å²) in [4.78, 5) is 62.0. The zero-order valence-electron chi connectivity index (χ0n) is 33.6. The molecule has 10 heteroatoms. The first-order chi connectivity index (χ1) is 29.7. The monoisotopic (exact) mass is 802 g/mol. The number of rotatable bonds is 12. The maximum atomic E-state index is 13.3. The Labute approximate surface area is 353 Å². The summed E-state index contributed by atoms with van der Waals surface area (Å²) in [6.07, 6.45) is 0.513. The molecule has 0 unspecified atom stereocenters. The molecule has 0 radical (unpaired) electrons. The third-order valence-corrected chi connectivity index (χ3v) is 10.5. The summed E-state index contributed by atoms with van der Waals surface area (Å²) in [5.41, 5.74) is 5.43. The van der Waals surface area contributed by atoms with Gasteiger partial charge in [0.2, 0.25) is 0 Å². The number of carbonyl (C=O) groups is 4. The number of benzene rings is 6. The van der Waals surface area contributed by atoms with Crippen LogP contribution in [0, 0.1) is 0 Å². The molecule has 0 aliphatic rings. The molecule has 6 aromatic carbocycles. The molecule has 0 saturated heterocycles. The topological polar surface area (TPSA) is 142 Å². The molecule has 61 heavy (non-hydrogen) atoms. The van der Waals surface area contributed by atoms with Crippen LogP contribution in [0.25, 0.3) is 21.5 Å². The maximum Gasteiger partial charge on any atom is 0.274 e. The maximum absolute atomic E-state index is 13.3. The molecule has 0 bridgehead atoms. The first-order valence-corrected chi connectivity index (χ1v) is 20.0. The Morgan fingerprint density at radius 3 is 1.23 bits per heavy atom. The highest BCUT2D eigenvalue weighted by Crippen LogP contribution is 2.26. The van der Waals surface area contributed by atoms with E-state index in [2.05, 4.69) is 31.2 Å². The largest absolute Gasteiger partial charge is 0.344 e. The minimum atomic E-state index is -0.451. The van der Waals surface area contributed by atoms with Crippen LogP contribution in [0.15, 0.2) is 170 Å². The van der Waals surface area contributed by atoms with Crippen LogP contribution in [0.5, 0.6) is 0 Å². The van der Waals surface area contributed by atoms with Crippen molar-refractivity contribution >= 4 is 56.5 Å². The zero-order valence-corrected chi connectivity index (χ0v) is 33.6. The van der Waals surface area contributed by atoms with Crippen LogP contribution in [0.2, 0.25) is 0 Å². The standard InChI is InChI=1S/C51H42N6O4/c1-32(40-23-9-17-36-15-3-5-21-42(36)40)52-48(58)44-25-11-27-46(56-44)50(60)54-38-19-7-13-34(30-38)29-35-14-8-20-39(31-35)55-51(61)47-28-12-26-45(57-47)49(59)53-33(2)41-24-10-18-37-16-4-6-22-43(37)41/h3-28,30-33H,29H2,1-2H3,(H,52,58)(H,53,59)(H,54,60)(H,55,61)/t32-,33-/m1/s1. The third kappa shape index (κ3) is 9.34. The number of amides is 4. The van der Waals surface area contributed by atoms with E-state index in [1.54, 1.807) is 48.5 Å². The fraction of sp³-hybridized carbons (Fsp3) is 0.0980. The van der Waals surface area contributed by atoms with Gasteiger partial charge in [0.05, 0.1) is 12.1 Å². The number of hydrogen-bond donors (Lipinski definition) is 4. The highest BCUT2D eigenvalue weighted by Gasteiger charge is 2.19. The number of hydrogen-bond acceptors (Lipinski definition) is 6. The van der Waals surface area contributed by atoms with Crippen molar-refractivity contribution < 1.29 is 19.2 Å². The summed E-state index contributed by atoms with van der Waals surface area (Å²) >= 11 is 0. The lowest BCUT2D eigenvalue weighted by atomic mass is 9.99. The Bertz CT molecular complexity index is 2740. The summed E-state index contributed by atoms with van der Waals surface area (Å²) in [6.45, 7) is 3.84. The predicted octanol–water partition coefficient (Wildman–Crippen LogP) is 9.86. The van der Waals surface area contributed by atoms with E-state index in [1.165, 1.54) is 0 Å². The molecule has 300 valence electrons. The van der Waals surface area contributed by atoms with E-state index in [4.69, 9.17) is 0 Å². The Hall–Kier alpha value is -7.98. The van der Waals surface area contributed by atoms with Gasteiger partial charge < -0.3 is 21.3 Å². The van der Waals surface area contributed by atoms with Gasteiger partial charge in [-0.15, -0.1) is 0 Å². The second-order valence-electron chi connectivity index (χ2n) is 14.8.